The fourth-order valence-electron chi connectivity index (χ4n) is 8.04. The zero-order valence-corrected chi connectivity index (χ0v) is 33.0. The molecule has 3 N–H and O–H groups in total. The van der Waals surface area contributed by atoms with Crippen molar-refractivity contribution in [3.05, 3.63) is 66.2 Å². The van der Waals surface area contributed by atoms with Gasteiger partial charge in [0.1, 0.15) is 40.6 Å². The molecule has 3 fully saturated rings. The number of hydrogen-bond donors (Lipinski definition) is 3. The van der Waals surface area contributed by atoms with Crippen LogP contribution in [-0.4, -0.2) is 84.6 Å². The summed E-state index contributed by atoms with van der Waals surface area (Å²) in [5.41, 5.74) is 2.54. The molecule has 0 unspecified atom stereocenters. The van der Waals surface area contributed by atoms with E-state index in [-0.39, 0.29) is 25.3 Å². The van der Waals surface area contributed by atoms with Gasteiger partial charge in [0.25, 0.3) is 5.91 Å². The second-order valence-corrected chi connectivity index (χ2v) is 17.7. The van der Waals surface area contributed by atoms with Crippen molar-refractivity contribution in [3.8, 4) is 22.8 Å². The Balaban J connectivity index is 1.15. The number of allylic oxidation sites excluding steroid dienone is 1. The van der Waals surface area contributed by atoms with Crippen LogP contribution >= 0.6 is 0 Å². The van der Waals surface area contributed by atoms with E-state index in [1.165, 1.54) is 11.8 Å². The van der Waals surface area contributed by atoms with Crippen LogP contribution in [0, 0.1) is 12.8 Å². The Labute approximate surface area is 330 Å². The molecule has 57 heavy (non-hydrogen) atoms. The second-order valence-electron chi connectivity index (χ2n) is 15.8. The van der Waals surface area contributed by atoms with E-state index in [1.54, 1.807) is 25.3 Å². The fourth-order valence-corrected chi connectivity index (χ4v) is 9.41. The number of aryl methyl sites for hydroxylation is 1. The molecule has 4 aliphatic rings. The number of benzene rings is 2. The van der Waals surface area contributed by atoms with Crippen LogP contribution in [0.2, 0.25) is 0 Å². The highest BCUT2D eigenvalue weighted by Gasteiger charge is 2.62. The number of carbonyl (C=O) groups excluding carboxylic acids is 4. The third kappa shape index (κ3) is 7.81. The van der Waals surface area contributed by atoms with E-state index in [0.717, 1.165) is 29.4 Å². The van der Waals surface area contributed by atoms with Crippen molar-refractivity contribution in [2.24, 2.45) is 5.92 Å². The van der Waals surface area contributed by atoms with Gasteiger partial charge in [-0.15, -0.1) is 0 Å². The van der Waals surface area contributed by atoms with Gasteiger partial charge in [-0.05, 0) is 63.6 Å². The van der Waals surface area contributed by atoms with Crippen LogP contribution in [-0.2, 0) is 29.2 Å². The zero-order chi connectivity index (χ0) is 40.1. The van der Waals surface area contributed by atoms with E-state index in [0.29, 0.717) is 66.0 Å². The number of methoxy groups -OCH3 is 1. The minimum Gasteiger partial charge on any atom is -0.497 e. The highest BCUT2D eigenvalue weighted by atomic mass is 32.2. The first-order chi connectivity index (χ1) is 27.3. The molecule has 4 aromatic rings. The quantitative estimate of drug-likeness (QED) is 0.209. The van der Waals surface area contributed by atoms with Gasteiger partial charge in [-0.1, -0.05) is 54.8 Å². The van der Waals surface area contributed by atoms with Crippen LogP contribution in [0.25, 0.3) is 33.3 Å². The van der Waals surface area contributed by atoms with E-state index in [1.807, 2.05) is 49.4 Å². The van der Waals surface area contributed by atoms with Gasteiger partial charge in [-0.3, -0.25) is 23.9 Å². The highest BCUT2D eigenvalue weighted by Crippen LogP contribution is 2.46. The van der Waals surface area contributed by atoms with Gasteiger partial charge in [-0.2, -0.15) is 0 Å². The molecule has 2 aromatic carbocycles. The lowest BCUT2D eigenvalue weighted by atomic mass is 10.0. The Morgan fingerprint density at radius 1 is 1.04 bits per heavy atom. The van der Waals surface area contributed by atoms with Crippen LogP contribution < -0.4 is 24.8 Å². The number of nitrogens with one attached hydrogen (secondary N) is 3. The van der Waals surface area contributed by atoms with Crippen LogP contribution in [0.15, 0.2) is 65.1 Å². The van der Waals surface area contributed by atoms with Crippen molar-refractivity contribution in [3.63, 3.8) is 0 Å². The molecule has 2 aliphatic carbocycles. The summed E-state index contributed by atoms with van der Waals surface area (Å²) in [6.07, 6.45) is 7.65. The molecule has 4 heterocycles. The zero-order valence-electron chi connectivity index (χ0n) is 32.2. The lowest BCUT2D eigenvalue weighted by molar-refractivity contribution is -0.142. The molecule has 4 amide bonds. The Morgan fingerprint density at radius 2 is 1.82 bits per heavy atom. The van der Waals surface area contributed by atoms with Gasteiger partial charge in [0.15, 0.2) is 11.3 Å². The lowest BCUT2D eigenvalue weighted by Gasteiger charge is -2.29. The third-order valence-electron chi connectivity index (χ3n) is 11.5. The summed E-state index contributed by atoms with van der Waals surface area (Å²) in [4.78, 5) is 61.5. The maximum absolute atomic E-state index is 14.5. The fraction of sp³-hybridized carbons (Fsp3) is 0.452. The van der Waals surface area contributed by atoms with Gasteiger partial charge >= 0.3 is 0 Å². The second kappa shape index (κ2) is 15.1. The number of hydrogen-bond acceptors (Lipinski definition) is 10. The average molecular weight is 798 g/mol. The first-order valence-electron chi connectivity index (χ1n) is 19.6. The number of amides is 4. The number of carbonyl (C=O) groups is 4. The van der Waals surface area contributed by atoms with Gasteiger partial charge < -0.3 is 29.4 Å². The molecular weight excluding hydrogens is 751 g/mol. The molecule has 0 radical (unpaired) electrons. The average Bonchev–Trinajstić information content (AvgIpc) is 4.08. The summed E-state index contributed by atoms with van der Waals surface area (Å²) in [6, 6.07) is 13.1. The molecule has 300 valence electrons. The Kier molecular flexibility index (Phi) is 10.2. The monoisotopic (exact) mass is 797 g/mol. The SMILES string of the molecule is COc1ccc2oc3c(O[C@@H]4C[C@H]5C(=O)N[C@]6(C(=O)NS(=O)(=O)C7CC7)C[C@@H]6/C=C\CCCCC[C@H](NC(C)=O)C(=O)N5C4)cc(-c4ccc(C)cc4)nc3c2c1. The number of aromatic nitrogens is 1. The summed E-state index contributed by atoms with van der Waals surface area (Å²) in [5.74, 6) is -1.66. The van der Waals surface area contributed by atoms with Crippen molar-refractivity contribution in [2.75, 3.05) is 13.7 Å². The summed E-state index contributed by atoms with van der Waals surface area (Å²) < 4.78 is 46.6. The van der Waals surface area contributed by atoms with Crippen molar-refractivity contribution in [1.29, 1.82) is 0 Å². The maximum atomic E-state index is 14.5. The minimum absolute atomic E-state index is 0.0106. The first-order valence-corrected chi connectivity index (χ1v) is 21.2. The maximum Gasteiger partial charge on any atom is 0.259 e. The van der Waals surface area contributed by atoms with Crippen LogP contribution in [0.1, 0.15) is 70.3 Å². The van der Waals surface area contributed by atoms with E-state index in [2.05, 4.69) is 15.4 Å². The largest absolute Gasteiger partial charge is 0.497 e. The van der Waals surface area contributed by atoms with Gasteiger partial charge in [-0.25, -0.2) is 13.4 Å². The van der Waals surface area contributed by atoms with Gasteiger partial charge in [0.2, 0.25) is 27.7 Å². The smallest absolute Gasteiger partial charge is 0.259 e. The van der Waals surface area contributed by atoms with Crippen molar-refractivity contribution >= 4 is 55.7 Å². The number of nitrogens with zero attached hydrogens (tertiary/aromatic N) is 2. The number of pyridine rings is 1. The summed E-state index contributed by atoms with van der Waals surface area (Å²) in [5, 5.41) is 5.79. The lowest BCUT2D eigenvalue weighted by Crippen LogP contribution is -2.58. The molecule has 2 saturated carbocycles. The number of furan rings is 1. The number of rotatable bonds is 8. The number of ether oxygens (including phenoxy) is 2. The predicted octanol–water partition coefficient (Wildman–Crippen LogP) is 4.82. The highest BCUT2D eigenvalue weighted by molar-refractivity contribution is 7.91. The molecule has 8 rings (SSSR count). The molecule has 2 aliphatic heterocycles. The third-order valence-corrected chi connectivity index (χ3v) is 13.3. The van der Waals surface area contributed by atoms with E-state index >= 15 is 0 Å². The Morgan fingerprint density at radius 3 is 2.56 bits per heavy atom. The molecule has 2 aromatic heterocycles. The summed E-state index contributed by atoms with van der Waals surface area (Å²) >= 11 is 0. The number of fused-ring (bicyclic) bond motifs is 5. The standard InChI is InChI=1S/C42H47N5O9S/c1-24-11-13-26(14-12-24)33-21-36(38-37(44-33)31-19-28(54-3)15-18-35(31)56-38)55-29-20-34-39(49)45-42(41(51)46-57(52,53)30-16-17-30)22-27(42)9-7-5-4-6-8-10-32(43-25(2)48)40(50)47(34)23-29/h7,9,11-15,18-19,21,27,29-30,32,34H,4-6,8,10,16-17,20,22-23H2,1-3H3,(H,43,48)(H,45,49)(H,46,51)/b9-7-/t27-,29+,32-,34-,42+/m0/s1. The Hall–Kier alpha value is -5.44. The van der Waals surface area contributed by atoms with Gasteiger partial charge in [0, 0.05) is 30.9 Å². The van der Waals surface area contributed by atoms with Crippen LogP contribution in [0.5, 0.6) is 11.5 Å². The van der Waals surface area contributed by atoms with E-state index in [4.69, 9.17) is 18.9 Å². The van der Waals surface area contributed by atoms with Crippen LogP contribution in [0.4, 0.5) is 0 Å². The Bertz CT molecular complexity index is 2390. The molecule has 0 bridgehead atoms. The molecule has 1 saturated heterocycles. The summed E-state index contributed by atoms with van der Waals surface area (Å²) in [7, 11) is -2.32. The summed E-state index contributed by atoms with van der Waals surface area (Å²) in [6.45, 7) is 3.34. The normalized spacial score (nSPS) is 26.1. The van der Waals surface area contributed by atoms with Crippen molar-refractivity contribution < 1.29 is 41.5 Å². The van der Waals surface area contributed by atoms with E-state index in [9.17, 15) is 27.6 Å². The van der Waals surface area contributed by atoms with E-state index < -0.39 is 62.6 Å². The molecule has 5 atom stereocenters. The van der Waals surface area contributed by atoms with Gasteiger partial charge in [0.05, 0.1) is 30.0 Å². The van der Waals surface area contributed by atoms with Crippen molar-refractivity contribution in [2.45, 2.75) is 101 Å². The topological polar surface area (TPSA) is 186 Å². The molecule has 0 spiro atoms. The van der Waals surface area contributed by atoms with Crippen LogP contribution in [0.3, 0.4) is 0 Å². The molecule has 14 nitrogen and oxygen atoms in total. The van der Waals surface area contributed by atoms with Crippen molar-refractivity contribution in [1.82, 2.24) is 25.2 Å². The first kappa shape index (κ1) is 38.4. The number of sulfonamides is 1. The molecular formula is C42H47N5O9S. The predicted molar refractivity (Wildman–Crippen MR) is 212 cm³/mol. The molecule has 15 heteroatoms. The minimum atomic E-state index is -3.90.